The molecule has 0 fully saturated rings. The molecule has 10 heavy (non-hydrogen) atoms. The monoisotopic (exact) mass is 180 g/mol. The van der Waals surface area contributed by atoms with Crippen molar-refractivity contribution in [3.05, 3.63) is 11.9 Å². The summed E-state index contributed by atoms with van der Waals surface area (Å²) in [5, 5.41) is 0. The Bertz CT molecular complexity index is 148. The lowest BCUT2D eigenvalue weighted by molar-refractivity contribution is 0.0341. The summed E-state index contributed by atoms with van der Waals surface area (Å²) in [6.45, 7) is 0. The molecule has 0 aromatic carbocycles. The van der Waals surface area contributed by atoms with E-state index in [-0.39, 0.29) is 0 Å². The van der Waals surface area contributed by atoms with Crippen LogP contribution in [0.1, 0.15) is 0 Å². The molecule has 0 N–H and O–H groups in total. The smallest absolute Gasteiger partial charge is 0.199 e. The van der Waals surface area contributed by atoms with Crippen molar-refractivity contribution in [3.63, 3.8) is 0 Å². The molecular formula is C4H2ClF5. The maximum Gasteiger partial charge on any atom is 0.317 e. The van der Waals surface area contributed by atoms with E-state index in [1.54, 1.807) is 0 Å². The van der Waals surface area contributed by atoms with Crippen molar-refractivity contribution in [2.75, 3.05) is 5.88 Å². The Hall–Kier alpha value is -0.320. The quantitative estimate of drug-likeness (QED) is 0.453. The molecule has 6 heteroatoms. The molecule has 0 aliphatic carbocycles. The second-order valence-electron chi connectivity index (χ2n) is 1.41. The third-order valence-electron chi connectivity index (χ3n) is 0.655. The van der Waals surface area contributed by atoms with Crippen molar-refractivity contribution in [2.24, 2.45) is 0 Å². The summed E-state index contributed by atoms with van der Waals surface area (Å²) in [5.41, 5.74) is 0. The van der Waals surface area contributed by atoms with Crippen LogP contribution in [0.15, 0.2) is 11.9 Å². The average Bonchev–Trinajstić information content (AvgIpc) is 1.86. The molecule has 0 unspecified atom stereocenters. The lowest BCUT2D eigenvalue weighted by Gasteiger charge is -2.07. The van der Waals surface area contributed by atoms with Gasteiger partial charge in [0, 0.05) is 0 Å². The maximum absolute atomic E-state index is 11.8. The van der Waals surface area contributed by atoms with E-state index >= 15 is 0 Å². The Kier molecular flexibility index (Phi) is 3.08. The van der Waals surface area contributed by atoms with Crippen molar-refractivity contribution in [1.82, 2.24) is 0 Å². The van der Waals surface area contributed by atoms with Gasteiger partial charge in [-0.1, -0.05) is 0 Å². The van der Waals surface area contributed by atoms with E-state index in [1.807, 2.05) is 0 Å². The zero-order valence-electron chi connectivity index (χ0n) is 4.47. The van der Waals surface area contributed by atoms with E-state index in [9.17, 15) is 22.0 Å². The molecule has 0 amide bonds. The fraction of sp³-hybridized carbons (Fsp3) is 0.500. The van der Waals surface area contributed by atoms with Gasteiger partial charge in [-0.3, -0.25) is 0 Å². The van der Waals surface area contributed by atoms with E-state index in [2.05, 4.69) is 11.6 Å². The summed E-state index contributed by atoms with van der Waals surface area (Å²) in [5.74, 6) is -8.50. The molecule has 0 atom stereocenters. The second kappa shape index (κ2) is 3.18. The molecule has 0 rings (SSSR count). The van der Waals surface area contributed by atoms with E-state index in [1.165, 1.54) is 0 Å². The van der Waals surface area contributed by atoms with Gasteiger partial charge in [-0.05, 0) is 0 Å². The number of alkyl halides is 3. The molecule has 0 aromatic heterocycles. The molecule has 0 saturated carbocycles. The van der Waals surface area contributed by atoms with Crippen molar-refractivity contribution in [3.8, 4) is 0 Å². The van der Waals surface area contributed by atoms with Crippen LogP contribution < -0.4 is 0 Å². The molecule has 0 saturated heterocycles. The predicted octanol–water partition coefficient (Wildman–Crippen LogP) is 2.94. The maximum atomic E-state index is 11.8. The standard InChI is InChI=1S/C4H2ClF5/c5-1-4(9,10)2(6)3(7)8/h1H2. The van der Waals surface area contributed by atoms with E-state index in [4.69, 9.17) is 0 Å². The van der Waals surface area contributed by atoms with Crippen LogP contribution in [0.2, 0.25) is 0 Å². The number of hydrogen-bond acceptors (Lipinski definition) is 0. The van der Waals surface area contributed by atoms with Gasteiger partial charge in [0.15, 0.2) is 0 Å². The summed E-state index contributed by atoms with van der Waals surface area (Å²) in [6, 6.07) is 0. The number of rotatable bonds is 2. The summed E-state index contributed by atoms with van der Waals surface area (Å²) >= 11 is 4.47. The fourth-order valence-electron chi connectivity index (χ4n) is 0.197. The van der Waals surface area contributed by atoms with Crippen LogP contribution in [0.25, 0.3) is 0 Å². The SMILES string of the molecule is FC(F)=C(F)C(F)(F)CCl. The van der Waals surface area contributed by atoms with E-state index in [0.717, 1.165) is 0 Å². The van der Waals surface area contributed by atoms with Crippen LogP contribution in [0, 0.1) is 0 Å². The summed E-state index contributed by atoms with van der Waals surface area (Å²) in [6.07, 6.45) is -3.04. The van der Waals surface area contributed by atoms with Gasteiger partial charge >= 0.3 is 12.0 Å². The van der Waals surface area contributed by atoms with E-state index < -0.39 is 23.7 Å². The third-order valence-corrected chi connectivity index (χ3v) is 0.991. The molecule has 0 bridgehead atoms. The topological polar surface area (TPSA) is 0 Å². The van der Waals surface area contributed by atoms with Crippen LogP contribution in [0.3, 0.4) is 0 Å². The predicted molar refractivity (Wildman–Crippen MR) is 26.0 cm³/mol. The van der Waals surface area contributed by atoms with E-state index in [0.29, 0.717) is 0 Å². The molecule has 0 radical (unpaired) electrons. The Morgan fingerprint density at radius 3 is 1.70 bits per heavy atom. The van der Waals surface area contributed by atoms with Crippen LogP contribution in [0.4, 0.5) is 22.0 Å². The summed E-state index contributed by atoms with van der Waals surface area (Å²) in [7, 11) is 0. The van der Waals surface area contributed by atoms with Gasteiger partial charge in [0.05, 0.1) is 5.88 Å². The highest BCUT2D eigenvalue weighted by Gasteiger charge is 2.37. The van der Waals surface area contributed by atoms with Crippen LogP contribution in [-0.4, -0.2) is 11.8 Å². The van der Waals surface area contributed by atoms with Gasteiger partial charge in [0.1, 0.15) is 0 Å². The van der Waals surface area contributed by atoms with Gasteiger partial charge in [-0.2, -0.15) is 22.0 Å². The highest BCUT2D eigenvalue weighted by Crippen LogP contribution is 2.29. The van der Waals surface area contributed by atoms with Crippen molar-refractivity contribution >= 4 is 11.6 Å². The first-order valence-electron chi connectivity index (χ1n) is 2.07. The van der Waals surface area contributed by atoms with Crippen LogP contribution in [-0.2, 0) is 0 Å². The zero-order valence-corrected chi connectivity index (χ0v) is 5.23. The fourth-order valence-corrected chi connectivity index (χ4v) is 0.314. The summed E-state index contributed by atoms with van der Waals surface area (Å²) < 4.78 is 57.3. The average molecular weight is 181 g/mol. The molecule has 0 heterocycles. The Labute approximate surface area is 58.3 Å². The lowest BCUT2D eigenvalue weighted by Crippen LogP contribution is -2.19. The first-order chi connectivity index (χ1) is 4.41. The Balaban J connectivity index is 4.49. The molecule has 0 spiro atoms. The second-order valence-corrected chi connectivity index (χ2v) is 1.68. The van der Waals surface area contributed by atoms with Crippen LogP contribution in [0.5, 0.6) is 0 Å². The van der Waals surface area contributed by atoms with Gasteiger partial charge < -0.3 is 0 Å². The molecule has 60 valence electrons. The highest BCUT2D eigenvalue weighted by molar-refractivity contribution is 6.18. The Morgan fingerprint density at radius 1 is 1.20 bits per heavy atom. The zero-order chi connectivity index (χ0) is 8.36. The van der Waals surface area contributed by atoms with Crippen molar-refractivity contribution in [2.45, 2.75) is 5.92 Å². The number of hydrogen-bond donors (Lipinski definition) is 0. The molecule has 0 aliphatic heterocycles. The minimum Gasteiger partial charge on any atom is -0.199 e. The van der Waals surface area contributed by atoms with Crippen molar-refractivity contribution in [1.29, 1.82) is 0 Å². The highest BCUT2D eigenvalue weighted by atomic mass is 35.5. The van der Waals surface area contributed by atoms with Gasteiger partial charge in [0.2, 0.25) is 5.83 Å². The number of allylic oxidation sites excluding steroid dienone is 1. The largest absolute Gasteiger partial charge is 0.317 e. The molecule has 0 nitrogen and oxygen atoms in total. The lowest BCUT2D eigenvalue weighted by atomic mass is 10.3. The molecule has 0 aromatic rings. The molecule has 0 aliphatic rings. The minimum absolute atomic E-state index is 1.49. The first-order valence-corrected chi connectivity index (χ1v) is 2.60. The third kappa shape index (κ3) is 2.13. The van der Waals surface area contributed by atoms with Gasteiger partial charge in [-0.25, -0.2) is 0 Å². The Morgan fingerprint density at radius 2 is 1.60 bits per heavy atom. The van der Waals surface area contributed by atoms with Crippen LogP contribution >= 0.6 is 11.6 Å². The number of halogens is 6. The normalized spacial score (nSPS) is 11.4. The van der Waals surface area contributed by atoms with Crippen molar-refractivity contribution < 1.29 is 22.0 Å². The molecular weight excluding hydrogens is 178 g/mol. The van der Waals surface area contributed by atoms with Gasteiger partial charge in [0.25, 0.3) is 0 Å². The first kappa shape index (κ1) is 9.68. The summed E-state index contributed by atoms with van der Waals surface area (Å²) in [4.78, 5) is 0. The minimum atomic E-state index is -4.25. The van der Waals surface area contributed by atoms with Gasteiger partial charge in [-0.15, -0.1) is 11.6 Å².